The Bertz CT molecular complexity index is 265. The van der Waals surface area contributed by atoms with Crippen molar-refractivity contribution in [1.82, 2.24) is 10.2 Å². The zero-order valence-electron chi connectivity index (χ0n) is 11.7. The maximum Gasteiger partial charge on any atom is 0.0730 e. The first-order chi connectivity index (χ1) is 8.88. The van der Waals surface area contributed by atoms with Gasteiger partial charge < -0.3 is 10.1 Å². The highest BCUT2D eigenvalue weighted by molar-refractivity contribution is 4.93. The van der Waals surface area contributed by atoms with E-state index >= 15 is 0 Å². The monoisotopic (exact) mass is 252 g/mol. The summed E-state index contributed by atoms with van der Waals surface area (Å²) in [5.41, 5.74) is 0. The van der Waals surface area contributed by atoms with Gasteiger partial charge in [0.2, 0.25) is 0 Å². The molecule has 3 nitrogen and oxygen atoms in total. The van der Waals surface area contributed by atoms with Gasteiger partial charge in [-0.25, -0.2) is 0 Å². The topological polar surface area (TPSA) is 24.5 Å². The molecule has 1 N–H and O–H groups in total. The van der Waals surface area contributed by atoms with Crippen LogP contribution in [0.1, 0.15) is 45.4 Å². The molecule has 0 amide bonds. The number of likely N-dealkylation sites (N-methyl/N-ethyl adjacent to an activating group) is 1. The van der Waals surface area contributed by atoms with Crippen molar-refractivity contribution in [3.8, 4) is 0 Å². The van der Waals surface area contributed by atoms with E-state index < -0.39 is 0 Å². The van der Waals surface area contributed by atoms with E-state index in [1.54, 1.807) is 0 Å². The first kappa shape index (κ1) is 12.9. The molecular formula is C15H28N2O. The van der Waals surface area contributed by atoms with Gasteiger partial charge in [0.1, 0.15) is 0 Å². The molecule has 3 rings (SSSR count). The van der Waals surface area contributed by atoms with Crippen LogP contribution in [0.3, 0.4) is 0 Å². The molecule has 0 aromatic carbocycles. The average Bonchev–Trinajstić information content (AvgIpc) is 3.23. The lowest BCUT2D eigenvalue weighted by molar-refractivity contribution is -0.0906. The van der Waals surface area contributed by atoms with Gasteiger partial charge in [-0.2, -0.15) is 0 Å². The molecule has 1 aliphatic heterocycles. The summed E-state index contributed by atoms with van der Waals surface area (Å²) in [5, 5.41) is 3.70. The summed E-state index contributed by atoms with van der Waals surface area (Å²) in [6, 6.07) is 1.45. The average molecular weight is 252 g/mol. The van der Waals surface area contributed by atoms with Crippen LogP contribution < -0.4 is 5.32 Å². The van der Waals surface area contributed by atoms with E-state index in [1.165, 1.54) is 45.1 Å². The number of fused-ring (bicyclic) bond motifs is 1. The van der Waals surface area contributed by atoms with Gasteiger partial charge in [-0.3, -0.25) is 4.90 Å². The smallest absolute Gasteiger partial charge is 0.0730 e. The lowest BCUT2D eigenvalue weighted by atomic mass is 9.89. The van der Waals surface area contributed by atoms with Crippen molar-refractivity contribution in [3.63, 3.8) is 0 Å². The van der Waals surface area contributed by atoms with Crippen LogP contribution in [0.15, 0.2) is 0 Å². The number of nitrogens with one attached hydrogen (secondary N) is 1. The van der Waals surface area contributed by atoms with Crippen molar-refractivity contribution in [2.45, 2.75) is 63.6 Å². The van der Waals surface area contributed by atoms with Crippen LogP contribution in [0.5, 0.6) is 0 Å². The number of morpholine rings is 1. The molecule has 0 radical (unpaired) electrons. The van der Waals surface area contributed by atoms with Crippen molar-refractivity contribution in [3.05, 3.63) is 0 Å². The Hall–Kier alpha value is -0.120. The summed E-state index contributed by atoms with van der Waals surface area (Å²) in [4.78, 5) is 2.74. The molecule has 3 fully saturated rings. The molecule has 0 spiro atoms. The summed E-state index contributed by atoms with van der Waals surface area (Å²) < 4.78 is 5.97. The fourth-order valence-electron chi connectivity index (χ4n) is 3.80. The van der Waals surface area contributed by atoms with Gasteiger partial charge in [0.15, 0.2) is 0 Å². The van der Waals surface area contributed by atoms with Crippen molar-refractivity contribution in [2.24, 2.45) is 5.92 Å². The van der Waals surface area contributed by atoms with E-state index in [9.17, 15) is 0 Å². The third-order valence-corrected chi connectivity index (χ3v) is 4.94. The highest BCUT2D eigenvalue weighted by Crippen LogP contribution is 2.35. The molecule has 104 valence electrons. The third kappa shape index (κ3) is 2.89. The second kappa shape index (κ2) is 5.89. The van der Waals surface area contributed by atoms with Gasteiger partial charge in [-0.15, -0.1) is 0 Å². The fourth-order valence-corrected chi connectivity index (χ4v) is 3.80. The fraction of sp³-hybridized carbons (Fsp3) is 1.00. The van der Waals surface area contributed by atoms with Gasteiger partial charge in [-0.1, -0.05) is 19.8 Å². The predicted molar refractivity (Wildman–Crippen MR) is 73.8 cm³/mol. The lowest BCUT2D eigenvalue weighted by Crippen LogP contribution is -2.56. The van der Waals surface area contributed by atoms with Crippen molar-refractivity contribution in [2.75, 3.05) is 26.2 Å². The molecule has 0 bridgehead atoms. The maximum atomic E-state index is 5.97. The van der Waals surface area contributed by atoms with Gasteiger partial charge in [-0.05, 0) is 38.1 Å². The van der Waals surface area contributed by atoms with Gasteiger partial charge in [0, 0.05) is 25.2 Å². The Kier molecular flexibility index (Phi) is 4.22. The number of nitrogens with zero attached hydrogens (tertiary/aromatic N) is 1. The van der Waals surface area contributed by atoms with E-state index in [-0.39, 0.29) is 0 Å². The Morgan fingerprint density at radius 1 is 1.22 bits per heavy atom. The number of hydrogen-bond acceptors (Lipinski definition) is 3. The third-order valence-electron chi connectivity index (χ3n) is 4.94. The van der Waals surface area contributed by atoms with Crippen LogP contribution >= 0.6 is 0 Å². The van der Waals surface area contributed by atoms with E-state index in [1.807, 2.05) is 0 Å². The number of rotatable bonds is 5. The molecule has 3 atom stereocenters. The standard InChI is InChI=1S/C15H28N2O/c1-2-16-13(12-7-8-12)11-17-9-10-18-15-6-4-3-5-14(15)17/h12-16H,2-11H2,1H3. The van der Waals surface area contributed by atoms with E-state index in [0.717, 1.165) is 31.7 Å². The molecule has 0 aromatic rings. The Labute approximate surface area is 111 Å². The van der Waals surface area contributed by atoms with E-state index in [4.69, 9.17) is 4.74 Å². The molecule has 3 unspecified atom stereocenters. The molecular weight excluding hydrogens is 224 g/mol. The molecule has 1 heterocycles. The lowest BCUT2D eigenvalue weighted by Gasteiger charge is -2.45. The summed E-state index contributed by atoms with van der Waals surface area (Å²) in [6.07, 6.45) is 8.83. The van der Waals surface area contributed by atoms with Crippen LogP contribution in [0.25, 0.3) is 0 Å². The molecule has 2 aliphatic carbocycles. The minimum Gasteiger partial charge on any atom is -0.375 e. The van der Waals surface area contributed by atoms with Gasteiger partial charge in [0.05, 0.1) is 12.7 Å². The van der Waals surface area contributed by atoms with Crippen LogP contribution in [0, 0.1) is 5.92 Å². The largest absolute Gasteiger partial charge is 0.375 e. The number of hydrogen-bond donors (Lipinski definition) is 1. The second-order valence-corrected chi connectivity index (χ2v) is 6.26. The van der Waals surface area contributed by atoms with Crippen molar-refractivity contribution >= 4 is 0 Å². The first-order valence-electron chi connectivity index (χ1n) is 7.97. The zero-order valence-corrected chi connectivity index (χ0v) is 11.7. The minimum atomic E-state index is 0.536. The molecule has 0 aromatic heterocycles. The molecule has 3 heteroatoms. The highest BCUT2D eigenvalue weighted by Gasteiger charge is 2.38. The minimum absolute atomic E-state index is 0.536. The SMILES string of the molecule is CCNC(CN1CCOC2CCCCC21)C1CC1. The summed E-state index contributed by atoms with van der Waals surface area (Å²) in [5.74, 6) is 0.954. The van der Waals surface area contributed by atoms with Crippen LogP contribution in [-0.4, -0.2) is 49.3 Å². The van der Waals surface area contributed by atoms with Gasteiger partial charge >= 0.3 is 0 Å². The van der Waals surface area contributed by atoms with Crippen molar-refractivity contribution in [1.29, 1.82) is 0 Å². The predicted octanol–water partition coefficient (Wildman–Crippen LogP) is 2.02. The number of ether oxygens (including phenoxy) is 1. The molecule has 1 saturated heterocycles. The van der Waals surface area contributed by atoms with E-state index in [2.05, 4.69) is 17.1 Å². The normalized spacial score (nSPS) is 35.2. The van der Waals surface area contributed by atoms with Crippen LogP contribution in [0.2, 0.25) is 0 Å². The Morgan fingerprint density at radius 2 is 2.06 bits per heavy atom. The quantitative estimate of drug-likeness (QED) is 0.810. The summed E-state index contributed by atoms with van der Waals surface area (Å²) >= 11 is 0. The second-order valence-electron chi connectivity index (χ2n) is 6.26. The Balaban J connectivity index is 1.59. The molecule has 18 heavy (non-hydrogen) atoms. The first-order valence-corrected chi connectivity index (χ1v) is 7.97. The summed E-state index contributed by atoms with van der Waals surface area (Å²) in [7, 11) is 0. The van der Waals surface area contributed by atoms with Gasteiger partial charge in [0.25, 0.3) is 0 Å². The highest BCUT2D eigenvalue weighted by atomic mass is 16.5. The molecule has 2 saturated carbocycles. The van der Waals surface area contributed by atoms with Crippen molar-refractivity contribution < 1.29 is 4.74 Å². The van der Waals surface area contributed by atoms with Crippen LogP contribution in [0.4, 0.5) is 0 Å². The van der Waals surface area contributed by atoms with Crippen LogP contribution in [-0.2, 0) is 4.74 Å². The summed E-state index contributed by atoms with van der Waals surface area (Å²) in [6.45, 7) is 6.70. The van der Waals surface area contributed by atoms with E-state index in [0.29, 0.717) is 12.1 Å². The maximum absolute atomic E-state index is 5.97. The zero-order chi connectivity index (χ0) is 12.4. The molecule has 3 aliphatic rings. The Morgan fingerprint density at radius 3 is 2.83 bits per heavy atom.